The Morgan fingerprint density at radius 2 is 1.78 bits per heavy atom. The Morgan fingerprint density at radius 1 is 1.07 bits per heavy atom. The van der Waals surface area contributed by atoms with E-state index in [-0.39, 0.29) is 31.1 Å². The molecule has 0 atom stereocenters. The van der Waals surface area contributed by atoms with Crippen LogP contribution in [-0.4, -0.2) is 36.3 Å². The number of rotatable bonds is 2. The Hall–Kier alpha value is -3.34. The number of anilines is 1. The highest BCUT2D eigenvalue weighted by atomic mass is 19.4. The molecule has 1 aliphatic rings. The third-order valence-electron chi connectivity index (χ3n) is 4.25. The van der Waals surface area contributed by atoms with Gasteiger partial charge in [-0.3, -0.25) is 9.59 Å². The molecule has 0 saturated carbocycles. The second-order valence-electron chi connectivity index (χ2n) is 6.01. The van der Waals surface area contributed by atoms with Gasteiger partial charge in [-0.25, -0.2) is 0 Å². The van der Waals surface area contributed by atoms with Crippen molar-refractivity contribution in [3.8, 4) is 6.07 Å². The molecule has 2 amide bonds. The van der Waals surface area contributed by atoms with Gasteiger partial charge in [-0.2, -0.15) is 18.4 Å². The van der Waals surface area contributed by atoms with Gasteiger partial charge < -0.3 is 9.80 Å². The Kier molecular flexibility index (Phi) is 4.86. The third-order valence-corrected chi connectivity index (χ3v) is 4.25. The topological polar surface area (TPSA) is 64.4 Å². The maximum atomic E-state index is 12.8. The van der Waals surface area contributed by atoms with Gasteiger partial charge in [-0.1, -0.05) is 6.07 Å². The molecule has 2 aromatic carbocycles. The predicted octanol–water partition coefficient (Wildman–Crippen LogP) is 3.07. The zero-order valence-corrected chi connectivity index (χ0v) is 14.0. The highest BCUT2D eigenvalue weighted by Gasteiger charge is 2.33. The Balaban J connectivity index is 1.73. The van der Waals surface area contributed by atoms with Crippen LogP contribution in [-0.2, 0) is 11.0 Å². The minimum atomic E-state index is -4.54. The van der Waals surface area contributed by atoms with Crippen LogP contribution in [0.5, 0.6) is 0 Å². The van der Waals surface area contributed by atoms with Gasteiger partial charge in [0.1, 0.15) is 6.54 Å². The summed E-state index contributed by atoms with van der Waals surface area (Å²) in [6.45, 7) is 0.186. The van der Waals surface area contributed by atoms with Gasteiger partial charge in [0.2, 0.25) is 5.91 Å². The van der Waals surface area contributed by atoms with Crippen LogP contribution in [0.4, 0.5) is 18.9 Å². The molecule has 0 aliphatic carbocycles. The summed E-state index contributed by atoms with van der Waals surface area (Å²) in [6, 6.07) is 12.6. The summed E-state index contributed by atoms with van der Waals surface area (Å²) < 4.78 is 38.5. The van der Waals surface area contributed by atoms with Crippen LogP contribution >= 0.6 is 0 Å². The van der Waals surface area contributed by atoms with E-state index in [0.29, 0.717) is 11.3 Å². The van der Waals surface area contributed by atoms with E-state index in [1.165, 1.54) is 21.9 Å². The molecule has 0 bridgehead atoms. The first-order chi connectivity index (χ1) is 12.8. The molecule has 0 aromatic heterocycles. The number of alkyl halides is 3. The predicted molar refractivity (Wildman–Crippen MR) is 90.9 cm³/mol. The molecule has 2 aromatic rings. The minimum Gasteiger partial charge on any atom is -0.328 e. The fourth-order valence-corrected chi connectivity index (χ4v) is 2.85. The van der Waals surface area contributed by atoms with E-state index in [4.69, 9.17) is 5.26 Å². The normalized spacial score (nSPS) is 14.8. The van der Waals surface area contributed by atoms with Gasteiger partial charge in [0.15, 0.2) is 0 Å². The monoisotopic (exact) mass is 373 g/mol. The largest absolute Gasteiger partial charge is 0.416 e. The Bertz CT molecular complexity index is 917. The summed E-state index contributed by atoms with van der Waals surface area (Å²) in [5, 5.41) is 8.82. The minimum absolute atomic E-state index is 0.107. The fraction of sp³-hybridized carbons (Fsp3) is 0.211. The number of carbonyl (C=O) groups excluding carboxylic acids is 2. The van der Waals surface area contributed by atoms with Crippen LogP contribution in [0.15, 0.2) is 48.5 Å². The first-order valence-corrected chi connectivity index (χ1v) is 8.06. The van der Waals surface area contributed by atoms with E-state index in [2.05, 4.69) is 0 Å². The van der Waals surface area contributed by atoms with Crippen molar-refractivity contribution in [1.29, 1.82) is 5.26 Å². The molecule has 0 radical (unpaired) electrons. The number of benzene rings is 2. The van der Waals surface area contributed by atoms with Gasteiger partial charge in [-0.15, -0.1) is 0 Å². The van der Waals surface area contributed by atoms with Gasteiger partial charge in [0.05, 0.1) is 17.2 Å². The first kappa shape index (κ1) is 18.5. The Morgan fingerprint density at radius 3 is 2.37 bits per heavy atom. The molecule has 1 fully saturated rings. The maximum absolute atomic E-state index is 12.8. The van der Waals surface area contributed by atoms with Crippen molar-refractivity contribution < 1.29 is 22.8 Å². The van der Waals surface area contributed by atoms with E-state index in [0.717, 1.165) is 12.1 Å². The van der Waals surface area contributed by atoms with E-state index in [1.807, 2.05) is 6.07 Å². The zero-order valence-electron chi connectivity index (χ0n) is 14.0. The number of amides is 2. The lowest BCUT2D eigenvalue weighted by atomic mass is 10.1. The van der Waals surface area contributed by atoms with Crippen LogP contribution in [0.1, 0.15) is 21.5 Å². The maximum Gasteiger partial charge on any atom is 0.416 e. The number of nitrogens with zero attached hydrogens (tertiary/aromatic N) is 3. The number of halogens is 3. The molecule has 5 nitrogen and oxygen atoms in total. The number of piperazine rings is 1. The Labute approximate surface area is 153 Å². The number of hydrogen-bond acceptors (Lipinski definition) is 3. The summed E-state index contributed by atoms with van der Waals surface area (Å²) in [6.07, 6.45) is -4.54. The van der Waals surface area contributed by atoms with Gasteiger partial charge in [0, 0.05) is 24.3 Å². The van der Waals surface area contributed by atoms with Crippen LogP contribution in [0, 0.1) is 11.3 Å². The van der Waals surface area contributed by atoms with Crippen molar-refractivity contribution in [2.75, 3.05) is 24.5 Å². The third kappa shape index (κ3) is 3.92. The average molecular weight is 373 g/mol. The van der Waals surface area contributed by atoms with Gasteiger partial charge in [0.25, 0.3) is 5.91 Å². The molecular weight excluding hydrogens is 359 g/mol. The van der Waals surface area contributed by atoms with Crippen LogP contribution in [0.25, 0.3) is 0 Å². The number of hydrogen-bond donors (Lipinski definition) is 0. The molecule has 0 spiro atoms. The molecular formula is C19H14F3N3O2. The van der Waals surface area contributed by atoms with Crippen LogP contribution < -0.4 is 4.90 Å². The van der Waals surface area contributed by atoms with E-state index in [9.17, 15) is 22.8 Å². The number of nitriles is 1. The summed E-state index contributed by atoms with van der Waals surface area (Å²) in [5.41, 5.74) is 0.0510. The van der Waals surface area contributed by atoms with Gasteiger partial charge >= 0.3 is 6.18 Å². The summed E-state index contributed by atoms with van der Waals surface area (Å²) in [7, 11) is 0. The molecule has 8 heteroatoms. The molecule has 1 saturated heterocycles. The molecule has 3 rings (SSSR count). The van der Waals surface area contributed by atoms with Crippen molar-refractivity contribution in [3.05, 3.63) is 65.2 Å². The van der Waals surface area contributed by atoms with E-state index >= 15 is 0 Å². The second-order valence-corrected chi connectivity index (χ2v) is 6.01. The van der Waals surface area contributed by atoms with Crippen molar-refractivity contribution >= 4 is 17.5 Å². The molecule has 1 heterocycles. The van der Waals surface area contributed by atoms with Crippen molar-refractivity contribution in [2.45, 2.75) is 6.18 Å². The summed E-state index contributed by atoms with van der Waals surface area (Å²) in [4.78, 5) is 27.6. The summed E-state index contributed by atoms with van der Waals surface area (Å²) in [5.74, 6) is -0.958. The van der Waals surface area contributed by atoms with E-state index in [1.54, 1.807) is 24.3 Å². The zero-order chi connectivity index (χ0) is 19.6. The lowest BCUT2D eigenvalue weighted by Gasteiger charge is -2.34. The molecule has 1 aliphatic heterocycles. The quantitative estimate of drug-likeness (QED) is 0.813. The van der Waals surface area contributed by atoms with Crippen molar-refractivity contribution in [2.24, 2.45) is 0 Å². The van der Waals surface area contributed by atoms with E-state index < -0.39 is 17.6 Å². The molecule has 27 heavy (non-hydrogen) atoms. The lowest BCUT2D eigenvalue weighted by Crippen LogP contribution is -2.52. The van der Waals surface area contributed by atoms with Crippen molar-refractivity contribution in [1.82, 2.24) is 4.90 Å². The fourth-order valence-electron chi connectivity index (χ4n) is 2.85. The van der Waals surface area contributed by atoms with Crippen molar-refractivity contribution in [3.63, 3.8) is 0 Å². The highest BCUT2D eigenvalue weighted by molar-refractivity contribution is 6.01. The SMILES string of the molecule is N#Cc1ccc(N2CCN(C(=O)c3cccc(C(F)(F)F)c3)CC2=O)cc1. The standard InChI is InChI=1S/C19H14F3N3O2/c20-19(21,22)15-3-1-2-14(10-15)18(27)24-8-9-25(17(26)12-24)16-6-4-13(11-23)5-7-16/h1-7,10H,8-9,12H2. The highest BCUT2D eigenvalue weighted by Crippen LogP contribution is 2.30. The molecule has 138 valence electrons. The lowest BCUT2D eigenvalue weighted by molar-refractivity contribution is -0.137. The van der Waals surface area contributed by atoms with Gasteiger partial charge in [-0.05, 0) is 42.5 Å². The number of carbonyl (C=O) groups is 2. The van der Waals surface area contributed by atoms with Crippen LogP contribution in [0.3, 0.4) is 0 Å². The average Bonchev–Trinajstić information content (AvgIpc) is 2.67. The summed E-state index contributed by atoms with van der Waals surface area (Å²) >= 11 is 0. The van der Waals surface area contributed by atoms with Crippen LogP contribution in [0.2, 0.25) is 0 Å². The molecule has 0 N–H and O–H groups in total. The smallest absolute Gasteiger partial charge is 0.328 e. The molecule has 0 unspecified atom stereocenters. The first-order valence-electron chi connectivity index (χ1n) is 8.06. The second kappa shape index (κ2) is 7.11.